The summed E-state index contributed by atoms with van der Waals surface area (Å²) in [4.78, 5) is 0. The summed E-state index contributed by atoms with van der Waals surface area (Å²) >= 11 is 0. The van der Waals surface area contributed by atoms with Gasteiger partial charge in [0.15, 0.2) is 0 Å². The number of rotatable bonds is 8. The lowest BCUT2D eigenvalue weighted by molar-refractivity contribution is 0.113. The smallest absolute Gasteiger partial charge is 0.134 e. The fourth-order valence-electron chi connectivity index (χ4n) is 6.61. The summed E-state index contributed by atoms with van der Waals surface area (Å²) in [6.45, 7) is 2.73. The SMILES string of the molecule is CCCCC1CCC2CC(c3cc(F)c(-c4ccc(OCc5ccccc5)cc4)c(F)c3)CCC2C1. The van der Waals surface area contributed by atoms with E-state index in [9.17, 15) is 0 Å². The van der Waals surface area contributed by atoms with Crippen molar-refractivity contribution in [2.24, 2.45) is 17.8 Å². The van der Waals surface area contributed by atoms with Crippen LogP contribution in [0, 0.1) is 29.4 Å². The molecule has 0 bridgehead atoms. The van der Waals surface area contributed by atoms with Gasteiger partial charge in [-0.15, -0.1) is 0 Å². The highest BCUT2D eigenvalue weighted by molar-refractivity contribution is 5.66. The van der Waals surface area contributed by atoms with Crippen LogP contribution in [0.15, 0.2) is 66.7 Å². The maximum atomic E-state index is 15.3. The van der Waals surface area contributed by atoms with Crippen LogP contribution in [0.3, 0.4) is 0 Å². The molecule has 0 radical (unpaired) electrons. The van der Waals surface area contributed by atoms with Crippen molar-refractivity contribution in [2.75, 3.05) is 0 Å². The first-order valence-electron chi connectivity index (χ1n) is 13.9. The van der Waals surface area contributed by atoms with Crippen LogP contribution in [0.25, 0.3) is 11.1 Å². The minimum Gasteiger partial charge on any atom is -0.489 e. The van der Waals surface area contributed by atoms with Crippen LogP contribution in [0.5, 0.6) is 5.75 Å². The van der Waals surface area contributed by atoms with Crippen LogP contribution in [0.4, 0.5) is 8.78 Å². The van der Waals surface area contributed by atoms with Crippen molar-refractivity contribution in [2.45, 2.75) is 77.2 Å². The first-order chi connectivity index (χ1) is 17.6. The molecule has 2 fully saturated rings. The summed E-state index contributed by atoms with van der Waals surface area (Å²) in [5.74, 6) is 2.45. The molecular formula is C33H38F2O. The molecule has 3 heteroatoms. The zero-order chi connectivity index (χ0) is 24.9. The highest BCUT2D eigenvalue weighted by Gasteiger charge is 2.36. The lowest BCUT2D eigenvalue weighted by atomic mass is 9.63. The van der Waals surface area contributed by atoms with Crippen LogP contribution >= 0.6 is 0 Å². The van der Waals surface area contributed by atoms with Gasteiger partial charge in [-0.25, -0.2) is 8.78 Å². The number of benzene rings is 3. The van der Waals surface area contributed by atoms with Crippen molar-refractivity contribution in [3.8, 4) is 16.9 Å². The molecule has 5 rings (SSSR count). The Morgan fingerprint density at radius 1 is 0.806 bits per heavy atom. The molecule has 190 valence electrons. The average molecular weight is 489 g/mol. The Morgan fingerprint density at radius 3 is 2.22 bits per heavy atom. The summed E-state index contributed by atoms with van der Waals surface area (Å²) in [5.41, 5.74) is 2.51. The van der Waals surface area contributed by atoms with Gasteiger partial charge in [0.2, 0.25) is 0 Å². The second-order valence-corrected chi connectivity index (χ2v) is 11.0. The van der Waals surface area contributed by atoms with E-state index in [0.717, 1.165) is 41.7 Å². The number of hydrogen-bond donors (Lipinski definition) is 0. The Hall–Kier alpha value is -2.68. The van der Waals surface area contributed by atoms with Crippen molar-refractivity contribution >= 4 is 0 Å². The monoisotopic (exact) mass is 488 g/mol. The predicted octanol–water partition coefficient (Wildman–Crippen LogP) is 9.70. The van der Waals surface area contributed by atoms with E-state index < -0.39 is 11.6 Å². The van der Waals surface area contributed by atoms with Gasteiger partial charge in [-0.05, 0) is 96.7 Å². The Bertz CT molecular complexity index is 1100. The van der Waals surface area contributed by atoms with Gasteiger partial charge in [0.05, 0.1) is 5.56 Å². The Balaban J connectivity index is 1.23. The van der Waals surface area contributed by atoms with Crippen molar-refractivity contribution in [1.82, 2.24) is 0 Å². The van der Waals surface area contributed by atoms with Crippen LogP contribution in [0.2, 0.25) is 0 Å². The molecule has 0 spiro atoms. The van der Waals surface area contributed by atoms with Gasteiger partial charge in [0.25, 0.3) is 0 Å². The van der Waals surface area contributed by atoms with Crippen molar-refractivity contribution in [3.63, 3.8) is 0 Å². The van der Waals surface area contributed by atoms with E-state index >= 15 is 8.78 Å². The fourth-order valence-corrected chi connectivity index (χ4v) is 6.61. The van der Waals surface area contributed by atoms with E-state index in [-0.39, 0.29) is 11.5 Å². The van der Waals surface area contributed by atoms with E-state index in [4.69, 9.17) is 4.74 Å². The van der Waals surface area contributed by atoms with Gasteiger partial charge in [-0.2, -0.15) is 0 Å². The molecule has 3 aromatic carbocycles. The molecule has 4 atom stereocenters. The summed E-state index contributed by atoms with van der Waals surface area (Å²) in [6, 6.07) is 20.2. The highest BCUT2D eigenvalue weighted by Crippen LogP contribution is 2.49. The summed E-state index contributed by atoms with van der Waals surface area (Å²) in [7, 11) is 0. The fraction of sp³-hybridized carbons (Fsp3) is 0.455. The van der Waals surface area contributed by atoms with Gasteiger partial charge < -0.3 is 4.74 Å². The molecule has 0 aliphatic heterocycles. The molecule has 4 unspecified atom stereocenters. The molecule has 2 aliphatic rings. The van der Waals surface area contributed by atoms with E-state index in [1.165, 1.54) is 44.9 Å². The molecule has 0 N–H and O–H groups in total. The molecule has 1 nitrogen and oxygen atoms in total. The normalized spacial score (nSPS) is 23.8. The predicted molar refractivity (Wildman–Crippen MR) is 143 cm³/mol. The van der Waals surface area contributed by atoms with Crippen LogP contribution in [-0.4, -0.2) is 0 Å². The van der Waals surface area contributed by atoms with Gasteiger partial charge in [0, 0.05) is 0 Å². The minimum atomic E-state index is -0.464. The zero-order valence-electron chi connectivity index (χ0n) is 21.4. The van der Waals surface area contributed by atoms with Crippen molar-refractivity contribution < 1.29 is 13.5 Å². The quantitative estimate of drug-likeness (QED) is 0.307. The third kappa shape index (κ3) is 5.82. The first kappa shape index (κ1) is 25.0. The van der Waals surface area contributed by atoms with Gasteiger partial charge >= 0.3 is 0 Å². The first-order valence-corrected chi connectivity index (χ1v) is 13.9. The average Bonchev–Trinajstić information content (AvgIpc) is 2.91. The molecule has 0 aromatic heterocycles. The second-order valence-electron chi connectivity index (χ2n) is 11.0. The zero-order valence-corrected chi connectivity index (χ0v) is 21.4. The largest absolute Gasteiger partial charge is 0.489 e. The van der Waals surface area contributed by atoms with Gasteiger partial charge in [-0.1, -0.05) is 75.1 Å². The molecule has 0 saturated heterocycles. The van der Waals surface area contributed by atoms with Gasteiger partial charge in [0.1, 0.15) is 24.0 Å². The third-order valence-corrected chi connectivity index (χ3v) is 8.61. The van der Waals surface area contributed by atoms with Crippen LogP contribution < -0.4 is 4.74 Å². The third-order valence-electron chi connectivity index (χ3n) is 8.61. The highest BCUT2D eigenvalue weighted by atomic mass is 19.1. The maximum Gasteiger partial charge on any atom is 0.134 e. The van der Waals surface area contributed by atoms with Crippen LogP contribution in [-0.2, 0) is 6.61 Å². The number of unbranched alkanes of at least 4 members (excludes halogenated alkanes) is 1. The van der Waals surface area contributed by atoms with Crippen molar-refractivity contribution in [1.29, 1.82) is 0 Å². The lowest BCUT2D eigenvalue weighted by Crippen LogP contribution is -2.30. The van der Waals surface area contributed by atoms with Crippen molar-refractivity contribution in [3.05, 3.63) is 89.5 Å². The van der Waals surface area contributed by atoms with E-state index in [0.29, 0.717) is 17.9 Å². The Morgan fingerprint density at radius 2 is 1.50 bits per heavy atom. The lowest BCUT2D eigenvalue weighted by Gasteiger charge is -2.42. The van der Waals surface area contributed by atoms with E-state index in [1.54, 1.807) is 36.4 Å². The Labute approximate surface area is 214 Å². The standard InChI is InChI=1S/C33H38F2O/c1-2-3-7-23-10-11-27-19-28(13-12-26(27)18-23)29-20-31(34)33(32(35)21-29)25-14-16-30(17-15-25)36-22-24-8-5-4-6-9-24/h4-6,8-9,14-17,20-21,23,26-28H,2-3,7,10-13,18-19,22H2,1H3. The van der Waals surface area contributed by atoms with E-state index in [1.807, 2.05) is 30.3 Å². The molecular weight excluding hydrogens is 450 g/mol. The minimum absolute atomic E-state index is 0.0541. The number of fused-ring (bicyclic) bond motifs is 1. The van der Waals surface area contributed by atoms with E-state index in [2.05, 4.69) is 6.92 Å². The number of ether oxygens (including phenoxy) is 1. The maximum absolute atomic E-state index is 15.3. The second kappa shape index (κ2) is 11.6. The number of halogens is 2. The Kier molecular flexibility index (Phi) is 8.04. The molecule has 36 heavy (non-hydrogen) atoms. The molecule has 2 aliphatic carbocycles. The molecule has 0 amide bonds. The topological polar surface area (TPSA) is 9.23 Å². The van der Waals surface area contributed by atoms with Gasteiger partial charge in [-0.3, -0.25) is 0 Å². The molecule has 2 saturated carbocycles. The summed E-state index contributed by atoms with van der Waals surface area (Å²) in [6.07, 6.45) is 11.3. The summed E-state index contributed by atoms with van der Waals surface area (Å²) < 4.78 is 36.3. The molecule has 0 heterocycles. The molecule has 3 aromatic rings. The number of hydrogen-bond acceptors (Lipinski definition) is 1. The summed E-state index contributed by atoms with van der Waals surface area (Å²) in [5, 5.41) is 0. The van der Waals surface area contributed by atoms with Crippen LogP contribution in [0.1, 0.15) is 81.8 Å².